The van der Waals surface area contributed by atoms with Crippen LogP contribution in [-0.4, -0.2) is 22.8 Å². The zero-order chi connectivity index (χ0) is 13.2. The second-order valence-corrected chi connectivity index (χ2v) is 4.25. The van der Waals surface area contributed by atoms with Crippen LogP contribution < -0.4 is 5.56 Å². The number of nitrogens with one attached hydrogen (secondary N) is 1. The number of halogens is 3. The van der Waals surface area contributed by atoms with Crippen LogP contribution in [0, 0.1) is 0 Å². The molecule has 0 aromatic carbocycles. The summed E-state index contributed by atoms with van der Waals surface area (Å²) in [5.74, 6) is 0.157. The Kier molecular flexibility index (Phi) is 3.70. The van der Waals surface area contributed by atoms with Crippen molar-refractivity contribution in [2.75, 3.05) is 6.61 Å². The minimum absolute atomic E-state index is 0.157. The smallest absolute Gasteiger partial charge is 0.364 e. The number of ether oxygens (including phenoxy) is 1. The lowest BCUT2D eigenvalue weighted by atomic mass is 9.97. The molecule has 100 valence electrons. The monoisotopic (exact) mass is 262 g/mol. The maximum absolute atomic E-state index is 11.9. The standard InChI is InChI=1S/C11H13F3N2O2/c12-11(13,14)6-18-5-9-15-8-4-2-1-3-7(8)10(17)16-9/h1-6H2,(H,15,16,17). The number of rotatable bonds is 3. The lowest BCUT2D eigenvalue weighted by Gasteiger charge is -2.14. The molecule has 0 bridgehead atoms. The molecule has 1 heterocycles. The molecule has 0 fully saturated rings. The third-order valence-electron chi connectivity index (χ3n) is 2.75. The molecule has 0 radical (unpaired) electrons. The Morgan fingerprint density at radius 3 is 2.72 bits per heavy atom. The Labute approximate surface area is 101 Å². The van der Waals surface area contributed by atoms with Crippen molar-refractivity contribution >= 4 is 0 Å². The fourth-order valence-electron chi connectivity index (χ4n) is 1.99. The van der Waals surface area contributed by atoms with Crippen molar-refractivity contribution in [1.29, 1.82) is 0 Å². The van der Waals surface area contributed by atoms with Gasteiger partial charge in [0.05, 0.1) is 5.69 Å². The summed E-state index contributed by atoms with van der Waals surface area (Å²) in [6.07, 6.45) is -1.09. The zero-order valence-electron chi connectivity index (χ0n) is 9.64. The van der Waals surface area contributed by atoms with Gasteiger partial charge in [-0.1, -0.05) is 0 Å². The van der Waals surface area contributed by atoms with Gasteiger partial charge in [-0.2, -0.15) is 13.2 Å². The predicted octanol–water partition coefficient (Wildman–Crippen LogP) is 1.73. The predicted molar refractivity (Wildman–Crippen MR) is 57.2 cm³/mol. The number of nitrogens with zero attached hydrogens (tertiary/aromatic N) is 1. The summed E-state index contributed by atoms with van der Waals surface area (Å²) >= 11 is 0. The largest absolute Gasteiger partial charge is 0.411 e. The topological polar surface area (TPSA) is 55.0 Å². The number of aromatic nitrogens is 2. The van der Waals surface area contributed by atoms with Crippen LogP contribution in [0.5, 0.6) is 0 Å². The summed E-state index contributed by atoms with van der Waals surface area (Å²) in [4.78, 5) is 18.3. The van der Waals surface area contributed by atoms with Crippen molar-refractivity contribution < 1.29 is 17.9 Å². The van der Waals surface area contributed by atoms with Crippen LogP contribution in [0.3, 0.4) is 0 Å². The number of hydrogen-bond acceptors (Lipinski definition) is 3. The average Bonchev–Trinajstić information content (AvgIpc) is 2.27. The molecule has 1 aromatic rings. The number of aryl methyl sites for hydroxylation is 1. The van der Waals surface area contributed by atoms with Crippen molar-refractivity contribution in [3.63, 3.8) is 0 Å². The van der Waals surface area contributed by atoms with Crippen LogP contribution in [0.2, 0.25) is 0 Å². The van der Waals surface area contributed by atoms with E-state index in [1.54, 1.807) is 0 Å². The number of aromatic amines is 1. The van der Waals surface area contributed by atoms with Crippen LogP contribution in [0.4, 0.5) is 13.2 Å². The Bertz CT molecular complexity index is 482. The summed E-state index contributed by atoms with van der Waals surface area (Å²) in [6, 6.07) is 0. The Morgan fingerprint density at radius 1 is 1.28 bits per heavy atom. The van der Waals surface area contributed by atoms with Gasteiger partial charge in [0.1, 0.15) is 19.0 Å². The van der Waals surface area contributed by atoms with E-state index >= 15 is 0 Å². The van der Waals surface area contributed by atoms with Gasteiger partial charge in [0.15, 0.2) is 0 Å². The van der Waals surface area contributed by atoms with E-state index in [1.807, 2.05) is 0 Å². The molecular weight excluding hydrogens is 249 g/mol. The Hall–Kier alpha value is -1.37. The van der Waals surface area contributed by atoms with E-state index in [0.29, 0.717) is 24.1 Å². The lowest BCUT2D eigenvalue weighted by molar-refractivity contribution is -0.177. The van der Waals surface area contributed by atoms with Gasteiger partial charge >= 0.3 is 6.18 Å². The van der Waals surface area contributed by atoms with Crippen LogP contribution in [0.1, 0.15) is 29.9 Å². The molecule has 0 atom stereocenters. The number of H-pyrrole nitrogens is 1. The molecule has 7 heteroatoms. The van der Waals surface area contributed by atoms with Crippen molar-refractivity contribution in [3.8, 4) is 0 Å². The van der Waals surface area contributed by atoms with Gasteiger partial charge in [-0.05, 0) is 25.7 Å². The number of alkyl halides is 3. The molecule has 2 rings (SSSR count). The van der Waals surface area contributed by atoms with E-state index in [4.69, 9.17) is 0 Å². The average molecular weight is 262 g/mol. The highest BCUT2D eigenvalue weighted by molar-refractivity contribution is 5.20. The van der Waals surface area contributed by atoms with Crippen molar-refractivity contribution in [1.82, 2.24) is 9.97 Å². The third-order valence-corrected chi connectivity index (χ3v) is 2.75. The highest BCUT2D eigenvalue weighted by atomic mass is 19.4. The first-order chi connectivity index (χ1) is 8.46. The molecule has 0 saturated heterocycles. The fourth-order valence-corrected chi connectivity index (χ4v) is 1.99. The highest BCUT2D eigenvalue weighted by Gasteiger charge is 2.27. The molecule has 0 saturated carbocycles. The van der Waals surface area contributed by atoms with Gasteiger partial charge in [-0.15, -0.1) is 0 Å². The van der Waals surface area contributed by atoms with Crippen molar-refractivity contribution in [2.45, 2.75) is 38.5 Å². The van der Waals surface area contributed by atoms with Gasteiger partial charge < -0.3 is 9.72 Å². The van der Waals surface area contributed by atoms with Gasteiger partial charge in [0, 0.05) is 5.56 Å². The molecule has 1 aliphatic rings. The van der Waals surface area contributed by atoms with E-state index in [9.17, 15) is 18.0 Å². The van der Waals surface area contributed by atoms with E-state index in [0.717, 1.165) is 12.8 Å². The summed E-state index contributed by atoms with van der Waals surface area (Å²) in [7, 11) is 0. The van der Waals surface area contributed by atoms with Gasteiger partial charge in [0.2, 0.25) is 0 Å². The first-order valence-electron chi connectivity index (χ1n) is 5.71. The van der Waals surface area contributed by atoms with E-state index < -0.39 is 12.8 Å². The Morgan fingerprint density at radius 2 is 2.00 bits per heavy atom. The molecule has 0 spiro atoms. The van der Waals surface area contributed by atoms with Crippen LogP contribution >= 0.6 is 0 Å². The second-order valence-electron chi connectivity index (χ2n) is 4.25. The molecule has 0 aliphatic heterocycles. The number of hydrogen-bond donors (Lipinski definition) is 1. The molecule has 18 heavy (non-hydrogen) atoms. The first kappa shape index (κ1) is 13.1. The van der Waals surface area contributed by atoms with Gasteiger partial charge in [0.25, 0.3) is 5.56 Å². The Balaban J connectivity index is 2.06. The molecule has 0 unspecified atom stereocenters. The van der Waals surface area contributed by atoms with Crippen LogP contribution in [0.15, 0.2) is 4.79 Å². The fraction of sp³-hybridized carbons (Fsp3) is 0.636. The SMILES string of the molecule is O=c1[nH]c(COCC(F)(F)F)nc2c1CCCC2. The maximum atomic E-state index is 11.9. The lowest BCUT2D eigenvalue weighted by Crippen LogP contribution is -2.24. The van der Waals surface area contributed by atoms with Gasteiger partial charge in [-0.3, -0.25) is 4.79 Å². The molecule has 0 amide bonds. The first-order valence-corrected chi connectivity index (χ1v) is 5.71. The van der Waals surface area contributed by atoms with E-state index in [2.05, 4.69) is 14.7 Å². The van der Waals surface area contributed by atoms with Crippen LogP contribution in [0.25, 0.3) is 0 Å². The van der Waals surface area contributed by atoms with Gasteiger partial charge in [-0.25, -0.2) is 4.98 Å². The zero-order valence-corrected chi connectivity index (χ0v) is 9.64. The summed E-state index contributed by atoms with van der Waals surface area (Å²) in [6.45, 7) is -1.67. The molecular formula is C11H13F3N2O2. The van der Waals surface area contributed by atoms with E-state index in [1.165, 1.54) is 0 Å². The highest BCUT2D eigenvalue weighted by Crippen LogP contribution is 2.17. The molecule has 1 aromatic heterocycles. The van der Waals surface area contributed by atoms with Crippen molar-refractivity contribution in [2.24, 2.45) is 0 Å². The minimum atomic E-state index is -4.37. The van der Waals surface area contributed by atoms with Crippen LogP contribution in [-0.2, 0) is 24.2 Å². The molecule has 4 nitrogen and oxygen atoms in total. The minimum Gasteiger partial charge on any atom is -0.364 e. The summed E-state index contributed by atoms with van der Waals surface area (Å²) < 4.78 is 40.2. The maximum Gasteiger partial charge on any atom is 0.411 e. The van der Waals surface area contributed by atoms with Crippen molar-refractivity contribution in [3.05, 3.63) is 27.4 Å². The normalized spacial score (nSPS) is 15.5. The number of fused-ring (bicyclic) bond motifs is 1. The second kappa shape index (κ2) is 5.09. The summed E-state index contributed by atoms with van der Waals surface area (Å²) in [5, 5.41) is 0. The molecule has 1 N–H and O–H groups in total. The summed E-state index contributed by atoms with van der Waals surface area (Å²) in [5.41, 5.74) is 1.08. The quantitative estimate of drug-likeness (QED) is 0.902. The third kappa shape index (κ3) is 3.32. The molecule has 1 aliphatic carbocycles. The van der Waals surface area contributed by atoms with E-state index in [-0.39, 0.29) is 18.0 Å².